The number of nitro benzene ring substituents is 1. The largest absolute Gasteiger partial charge is 0.352 e. The number of fused-ring (bicyclic) bond motifs is 1. The molecule has 0 saturated heterocycles. The van der Waals surface area contributed by atoms with Gasteiger partial charge in [-0.1, -0.05) is 24.3 Å². The van der Waals surface area contributed by atoms with Crippen LogP contribution < -0.4 is 9.88 Å². The summed E-state index contributed by atoms with van der Waals surface area (Å²) < 4.78 is 2.02. The average Bonchev–Trinajstić information content (AvgIpc) is 3.13. The summed E-state index contributed by atoms with van der Waals surface area (Å²) in [5, 5.41) is 14.8. The zero-order chi connectivity index (χ0) is 20.2. The minimum absolute atomic E-state index is 0.0372. The van der Waals surface area contributed by atoms with Crippen molar-refractivity contribution in [1.29, 1.82) is 0 Å². The third-order valence-corrected chi connectivity index (χ3v) is 4.77. The quantitative estimate of drug-likeness (QED) is 0.302. The van der Waals surface area contributed by atoms with Gasteiger partial charge in [0, 0.05) is 29.6 Å². The number of rotatable bonds is 6. The fourth-order valence-corrected chi connectivity index (χ4v) is 3.34. The van der Waals surface area contributed by atoms with Crippen molar-refractivity contribution < 1.29 is 14.3 Å². The summed E-state index contributed by atoms with van der Waals surface area (Å²) in [5.41, 5.74) is 2.51. The number of carbonyl (C=O) groups is 1. The SMILES string of the molecule is O=C(NCCc1c(-[n+]2ccccc2)[nH]c2ccccc12)c1ccc([N+](=O)[O-])cc1. The monoisotopic (exact) mass is 387 g/mol. The number of nitrogens with one attached hydrogen (secondary N) is 2. The van der Waals surface area contributed by atoms with Crippen LogP contribution in [-0.4, -0.2) is 22.4 Å². The highest BCUT2D eigenvalue weighted by molar-refractivity contribution is 5.94. The number of aromatic amines is 1. The van der Waals surface area contributed by atoms with Crippen molar-refractivity contribution in [3.8, 4) is 5.82 Å². The number of aromatic nitrogens is 2. The standard InChI is InChI=1S/C22H18N4O3/c27-22(16-8-10-17(11-9-16)26(28)29)23-13-12-19-18-6-2-3-7-20(18)24-21(19)25-14-4-1-5-15-25/h1-11,14-15,24H,12-13H2/p+1. The molecule has 7 nitrogen and oxygen atoms in total. The van der Waals surface area contributed by atoms with E-state index in [9.17, 15) is 14.9 Å². The van der Waals surface area contributed by atoms with Crippen molar-refractivity contribution in [2.45, 2.75) is 6.42 Å². The first-order chi connectivity index (χ1) is 14.1. The van der Waals surface area contributed by atoms with Gasteiger partial charge in [-0.2, -0.15) is 0 Å². The Labute approximate surface area is 166 Å². The van der Waals surface area contributed by atoms with Crippen molar-refractivity contribution >= 4 is 22.5 Å². The van der Waals surface area contributed by atoms with Crippen LogP contribution in [0, 0.1) is 10.1 Å². The lowest BCUT2D eigenvalue weighted by Crippen LogP contribution is -2.32. The number of carbonyl (C=O) groups excluding carboxylic acids is 1. The van der Waals surface area contributed by atoms with E-state index < -0.39 is 4.92 Å². The molecule has 2 aromatic heterocycles. The number of H-pyrrole nitrogens is 1. The Balaban J connectivity index is 1.52. The van der Waals surface area contributed by atoms with E-state index in [2.05, 4.69) is 16.4 Å². The van der Waals surface area contributed by atoms with E-state index in [1.807, 2.05) is 53.4 Å². The third-order valence-electron chi connectivity index (χ3n) is 4.77. The predicted molar refractivity (Wildman–Crippen MR) is 109 cm³/mol. The maximum atomic E-state index is 12.4. The van der Waals surface area contributed by atoms with Gasteiger partial charge >= 0.3 is 0 Å². The van der Waals surface area contributed by atoms with Crippen LogP contribution in [0.3, 0.4) is 0 Å². The molecule has 0 spiro atoms. The van der Waals surface area contributed by atoms with Gasteiger partial charge in [0.2, 0.25) is 0 Å². The van der Waals surface area contributed by atoms with Crippen LogP contribution >= 0.6 is 0 Å². The van der Waals surface area contributed by atoms with Gasteiger partial charge < -0.3 is 5.32 Å². The number of benzene rings is 2. The molecule has 2 aromatic carbocycles. The van der Waals surface area contributed by atoms with Crippen molar-refractivity contribution in [2.75, 3.05) is 6.54 Å². The molecule has 2 heterocycles. The molecular weight excluding hydrogens is 368 g/mol. The van der Waals surface area contributed by atoms with Crippen LogP contribution in [0.1, 0.15) is 15.9 Å². The molecule has 1 amide bonds. The summed E-state index contributed by atoms with van der Waals surface area (Å²) in [4.78, 5) is 26.1. The summed E-state index contributed by atoms with van der Waals surface area (Å²) in [5.74, 6) is 0.713. The number of hydrogen-bond donors (Lipinski definition) is 2. The second-order valence-corrected chi connectivity index (χ2v) is 6.59. The molecule has 0 aliphatic heterocycles. The van der Waals surface area contributed by atoms with E-state index in [4.69, 9.17) is 0 Å². The van der Waals surface area contributed by atoms with Crippen LogP contribution in [-0.2, 0) is 6.42 Å². The molecule has 144 valence electrons. The van der Waals surface area contributed by atoms with Gasteiger partial charge in [0.25, 0.3) is 17.4 Å². The summed E-state index contributed by atoms with van der Waals surface area (Å²) in [6.45, 7) is 0.443. The number of hydrogen-bond acceptors (Lipinski definition) is 3. The van der Waals surface area contributed by atoms with Gasteiger partial charge in [-0.15, -0.1) is 0 Å². The first kappa shape index (κ1) is 18.4. The number of para-hydroxylation sites is 1. The molecule has 0 fully saturated rings. The number of nitro groups is 1. The zero-order valence-corrected chi connectivity index (χ0v) is 15.5. The van der Waals surface area contributed by atoms with Crippen molar-refractivity contribution in [3.63, 3.8) is 0 Å². The van der Waals surface area contributed by atoms with E-state index in [1.54, 1.807) is 0 Å². The van der Waals surface area contributed by atoms with Crippen LogP contribution in [0.4, 0.5) is 5.69 Å². The highest BCUT2D eigenvalue weighted by Gasteiger charge is 2.19. The molecule has 4 aromatic rings. The first-order valence-electron chi connectivity index (χ1n) is 9.22. The molecule has 0 aliphatic carbocycles. The average molecular weight is 387 g/mol. The Hall–Kier alpha value is -4.00. The molecule has 0 atom stereocenters. The molecule has 0 unspecified atom stereocenters. The minimum atomic E-state index is -0.485. The lowest BCUT2D eigenvalue weighted by atomic mass is 10.1. The Kier molecular flexibility index (Phi) is 5.03. The summed E-state index contributed by atoms with van der Waals surface area (Å²) >= 11 is 0. The zero-order valence-electron chi connectivity index (χ0n) is 15.5. The highest BCUT2D eigenvalue weighted by Crippen LogP contribution is 2.23. The second-order valence-electron chi connectivity index (χ2n) is 6.59. The van der Waals surface area contributed by atoms with Crippen molar-refractivity contribution in [2.24, 2.45) is 0 Å². The van der Waals surface area contributed by atoms with Gasteiger partial charge in [-0.3, -0.25) is 14.9 Å². The van der Waals surface area contributed by atoms with E-state index in [1.165, 1.54) is 24.3 Å². The molecule has 0 aliphatic rings. The van der Waals surface area contributed by atoms with Gasteiger partial charge in [0.1, 0.15) is 5.52 Å². The first-order valence-corrected chi connectivity index (χ1v) is 9.22. The summed E-state index contributed by atoms with van der Waals surface area (Å²) in [6.07, 6.45) is 4.59. The van der Waals surface area contributed by atoms with E-state index in [0.29, 0.717) is 18.5 Å². The Morgan fingerprint density at radius 2 is 1.72 bits per heavy atom. The fraction of sp³-hybridized carbons (Fsp3) is 0.0909. The second kappa shape index (κ2) is 7.93. The van der Waals surface area contributed by atoms with Gasteiger partial charge in [-0.25, -0.2) is 9.55 Å². The molecular formula is C22H19N4O3+. The Morgan fingerprint density at radius 3 is 2.45 bits per heavy atom. The number of nitrogens with zero attached hydrogens (tertiary/aromatic N) is 2. The summed E-state index contributed by atoms with van der Waals surface area (Å²) in [6, 6.07) is 19.5. The van der Waals surface area contributed by atoms with Crippen LogP contribution in [0.2, 0.25) is 0 Å². The van der Waals surface area contributed by atoms with E-state index >= 15 is 0 Å². The molecule has 29 heavy (non-hydrogen) atoms. The van der Waals surface area contributed by atoms with Crippen LogP contribution in [0.15, 0.2) is 79.1 Å². The Bertz CT molecular complexity index is 1170. The van der Waals surface area contributed by atoms with Gasteiger partial charge in [0.05, 0.1) is 22.9 Å². The van der Waals surface area contributed by atoms with E-state index in [0.717, 1.165) is 22.3 Å². The predicted octanol–water partition coefficient (Wildman–Crippen LogP) is 3.33. The minimum Gasteiger partial charge on any atom is -0.352 e. The van der Waals surface area contributed by atoms with Crippen LogP contribution in [0.25, 0.3) is 16.7 Å². The van der Waals surface area contributed by atoms with Crippen molar-refractivity contribution in [1.82, 2.24) is 10.3 Å². The lowest BCUT2D eigenvalue weighted by molar-refractivity contribution is -0.599. The maximum absolute atomic E-state index is 12.4. The van der Waals surface area contributed by atoms with Crippen molar-refractivity contribution in [3.05, 3.63) is 100 Å². The smallest absolute Gasteiger partial charge is 0.288 e. The molecule has 2 N–H and O–H groups in total. The van der Waals surface area contributed by atoms with Gasteiger partial charge in [0.15, 0.2) is 0 Å². The maximum Gasteiger partial charge on any atom is 0.288 e. The fourth-order valence-electron chi connectivity index (χ4n) is 3.34. The third kappa shape index (κ3) is 3.84. The van der Waals surface area contributed by atoms with E-state index in [-0.39, 0.29) is 11.6 Å². The molecule has 4 rings (SSSR count). The highest BCUT2D eigenvalue weighted by atomic mass is 16.6. The number of amides is 1. The lowest BCUT2D eigenvalue weighted by Gasteiger charge is -2.05. The van der Waals surface area contributed by atoms with Crippen LogP contribution in [0.5, 0.6) is 0 Å². The number of non-ortho nitro benzene ring substituents is 1. The topological polar surface area (TPSA) is 91.9 Å². The molecule has 0 saturated carbocycles. The molecule has 7 heteroatoms. The van der Waals surface area contributed by atoms with Gasteiger partial charge in [-0.05, 0) is 36.8 Å². The normalized spacial score (nSPS) is 10.8. The Morgan fingerprint density at radius 1 is 1.00 bits per heavy atom. The molecule has 0 radical (unpaired) electrons. The number of pyridine rings is 1. The summed E-state index contributed by atoms with van der Waals surface area (Å²) in [7, 11) is 0. The molecule has 0 bridgehead atoms.